The zero-order chi connectivity index (χ0) is 20.4. The molecular formula is C25H31IrN2O2-. The van der Waals surface area contributed by atoms with Gasteiger partial charge in [-0.2, -0.15) is 0 Å². The Morgan fingerprint density at radius 1 is 0.967 bits per heavy atom. The molecule has 1 heterocycles. The fourth-order valence-corrected chi connectivity index (χ4v) is 5.06. The summed E-state index contributed by atoms with van der Waals surface area (Å²) in [6.07, 6.45) is 4.88. The second-order valence-electron chi connectivity index (χ2n) is 8.64. The van der Waals surface area contributed by atoms with Crippen molar-refractivity contribution in [1.82, 2.24) is 9.55 Å². The molecule has 4 nitrogen and oxygen atoms in total. The van der Waals surface area contributed by atoms with E-state index in [4.69, 9.17) is 4.98 Å². The third-order valence-electron chi connectivity index (χ3n) is 6.40. The average Bonchev–Trinajstić information content (AvgIpc) is 3.31. The van der Waals surface area contributed by atoms with E-state index in [-0.39, 0.29) is 38.2 Å². The summed E-state index contributed by atoms with van der Waals surface area (Å²) in [5, 5.41) is 19.1. The molecule has 163 valence electrons. The van der Waals surface area contributed by atoms with Crippen molar-refractivity contribution in [2.75, 3.05) is 0 Å². The number of aromatic nitrogens is 2. The van der Waals surface area contributed by atoms with Crippen molar-refractivity contribution in [3.05, 3.63) is 54.6 Å². The molecular weight excluding hydrogens is 553 g/mol. The van der Waals surface area contributed by atoms with E-state index in [1.165, 1.54) is 11.9 Å². The third kappa shape index (κ3) is 4.70. The summed E-state index contributed by atoms with van der Waals surface area (Å²) in [6.45, 7) is 4.36. The van der Waals surface area contributed by atoms with Crippen LogP contribution in [0.25, 0.3) is 22.4 Å². The number of fused-ring (bicyclic) bond motifs is 2. The predicted molar refractivity (Wildman–Crippen MR) is 116 cm³/mol. The quantitative estimate of drug-likeness (QED) is 0.418. The fourth-order valence-electron chi connectivity index (χ4n) is 5.06. The first-order chi connectivity index (χ1) is 14.1. The van der Waals surface area contributed by atoms with E-state index in [2.05, 4.69) is 48.7 Å². The first-order valence-electron chi connectivity index (χ1n) is 10.9. The number of imidazole rings is 1. The fraction of sp³-hybridized carbons (Fsp3) is 0.480. The van der Waals surface area contributed by atoms with Gasteiger partial charge in [-0.25, -0.2) is 0 Å². The van der Waals surface area contributed by atoms with Gasteiger partial charge in [0, 0.05) is 32.1 Å². The van der Waals surface area contributed by atoms with Gasteiger partial charge >= 0.3 is 0 Å². The topological polar surface area (TPSA) is 58.3 Å². The van der Waals surface area contributed by atoms with Crippen LogP contribution in [0.2, 0.25) is 0 Å². The molecule has 2 saturated carbocycles. The van der Waals surface area contributed by atoms with Gasteiger partial charge in [0.05, 0.1) is 29.1 Å². The minimum atomic E-state index is -0.216. The second kappa shape index (κ2) is 10.2. The normalized spacial score (nSPS) is 25.4. The third-order valence-corrected chi connectivity index (χ3v) is 6.40. The number of rotatable bonds is 2. The Kier molecular flexibility index (Phi) is 7.86. The van der Waals surface area contributed by atoms with Crippen LogP contribution in [-0.4, -0.2) is 32.0 Å². The van der Waals surface area contributed by atoms with Crippen LogP contribution in [0.4, 0.5) is 0 Å². The summed E-state index contributed by atoms with van der Waals surface area (Å²) in [7, 11) is 0. The molecule has 2 aliphatic carbocycles. The van der Waals surface area contributed by atoms with Crippen molar-refractivity contribution in [3.63, 3.8) is 0 Å². The van der Waals surface area contributed by atoms with Crippen LogP contribution < -0.4 is 0 Å². The summed E-state index contributed by atoms with van der Waals surface area (Å²) in [6, 6.07) is 19.9. The van der Waals surface area contributed by atoms with Crippen LogP contribution >= 0.6 is 0 Å². The maximum Gasteiger partial charge on any atom is 0.0770 e. The number of aliphatic hydroxyl groups is 2. The van der Waals surface area contributed by atoms with Crippen molar-refractivity contribution >= 4 is 11.0 Å². The molecule has 1 radical (unpaired) electrons. The maximum absolute atomic E-state index is 9.59. The van der Waals surface area contributed by atoms with Gasteiger partial charge in [-0.15, -0.1) is 35.9 Å². The van der Waals surface area contributed by atoms with Gasteiger partial charge in [0.15, 0.2) is 0 Å². The van der Waals surface area contributed by atoms with E-state index in [9.17, 15) is 10.2 Å². The van der Waals surface area contributed by atoms with Crippen LogP contribution in [0.1, 0.15) is 52.0 Å². The van der Waals surface area contributed by atoms with E-state index in [0.29, 0.717) is 12.0 Å². The number of hydrogen-bond acceptors (Lipinski definition) is 3. The molecule has 2 aromatic carbocycles. The van der Waals surface area contributed by atoms with Crippen LogP contribution in [0.3, 0.4) is 0 Å². The minimum Gasteiger partial charge on any atom is -0.393 e. The average molecular weight is 584 g/mol. The van der Waals surface area contributed by atoms with E-state index in [1.54, 1.807) is 0 Å². The molecule has 0 amide bonds. The Hall–Kier alpha value is -1.52. The zero-order valence-electron chi connectivity index (χ0n) is 17.7. The van der Waals surface area contributed by atoms with Crippen LogP contribution in [0.15, 0.2) is 48.5 Å². The molecule has 0 bridgehead atoms. The van der Waals surface area contributed by atoms with Crippen molar-refractivity contribution in [2.24, 2.45) is 11.8 Å². The summed E-state index contributed by atoms with van der Waals surface area (Å²) in [5.41, 5.74) is 3.26. The SMILES string of the molecule is CC(C)n1c(-c2[c-]cccc2)nc2ccccc21.OC1CCCC2CCC(O)C12.[Ir]. The van der Waals surface area contributed by atoms with E-state index < -0.39 is 0 Å². The molecule has 2 aliphatic rings. The molecule has 2 fully saturated rings. The molecule has 0 spiro atoms. The molecule has 5 rings (SSSR count). The van der Waals surface area contributed by atoms with E-state index in [1.807, 2.05) is 24.3 Å². The van der Waals surface area contributed by atoms with Crippen LogP contribution in [0.5, 0.6) is 0 Å². The summed E-state index contributed by atoms with van der Waals surface area (Å²) in [5.74, 6) is 1.82. The van der Waals surface area contributed by atoms with Crippen molar-refractivity contribution in [3.8, 4) is 11.4 Å². The molecule has 1 aromatic heterocycles. The van der Waals surface area contributed by atoms with Gasteiger partial charge in [-0.3, -0.25) is 4.98 Å². The number of nitrogens with zero attached hydrogens (tertiary/aromatic N) is 2. The number of hydrogen-bond donors (Lipinski definition) is 2. The van der Waals surface area contributed by atoms with E-state index >= 15 is 0 Å². The Labute approximate surface area is 192 Å². The number of para-hydroxylation sites is 2. The zero-order valence-corrected chi connectivity index (χ0v) is 20.1. The summed E-state index contributed by atoms with van der Waals surface area (Å²) >= 11 is 0. The first-order valence-corrected chi connectivity index (χ1v) is 10.9. The van der Waals surface area contributed by atoms with Gasteiger partial charge in [0.25, 0.3) is 0 Å². The molecule has 4 atom stereocenters. The molecule has 30 heavy (non-hydrogen) atoms. The van der Waals surface area contributed by atoms with Crippen LogP contribution in [0, 0.1) is 17.9 Å². The monoisotopic (exact) mass is 584 g/mol. The number of aliphatic hydroxyl groups excluding tert-OH is 2. The smallest absolute Gasteiger partial charge is 0.0770 e. The first kappa shape index (κ1) is 23.1. The Balaban J connectivity index is 0.000000184. The van der Waals surface area contributed by atoms with Gasteiger partial charge in [0.1, 0.15) is 0 Å². The van der Waals surface area contributed by atoms with Crippen molar-refractivity contribution in [1.29, 1.82) is 0 Å². The largest absolute Gasteiger partial charge is 0.393 e. The Bertz CT molecular complexity index is 939. The van der Waals surface area contributed by atoms with Gasteiger partial charge in [-0.05, 0) is 57.6 Å². The number of benzene rings is 2. The molecule has 0 saturated heterocycles. The molecule has 0 aliphatic heterocycles. The molecule has 3 aromatic rings. The van der Waals surface area contributed by atoms with Gasteiger partial charge < -0.3 is 14.8 Å². The van der Waals surface area contributed by atoms with Gasteiger partial charge in [-0.1, -0.05) is 18.6 Å². The van der Waals surface area contributed by atoms with Gasteiger partial charge in [0.2, 0.25) is 0 Å². The van der Waals surface area contributed by atoms with Crippen molar-refractivity contribution in [2.45, 2.75) is 64.2 Å². The Morgan fingerprint density at radius 2 is 1.70 bits per heavy atom. The summed E-state index contributed by atoms with van der Waals surface area (Å²) in [4.78, 5) is 4.74. The van der Waals surface area contributed by atoms with Crippen LogP contribution in [-0.2, 0) is 20.1 Å². The molecule has 2 N–H and O–H groups in total. The van der Waals surface area contributed by atoms with Crippen molar-refractivity contribution < 1.29 is 30.3 Å². The molecule has 5 heteroatoms. The summed E-state index contributed by atoms with van der Waals surface area (Å²) < 4.78 is 2.27. The Morgan fingerprint density at radius 3 is 2.40 bits per heavy atom. The second-order valence-corrected chi connectivity index (χ2v) is 8.64. The maximum atomic E-state index is 9.59. The minimum absolute atomic E-state index is 0. The van der Waals surface area contributed by atoms with E-state index in [0.717, 1.165) is 42.6 Å². The standard InChI is InChI=1S/C16H15N2.C9H16O2.Ir/c1-12(2)18-15-11-7-6-10-14(15)17-16(18)13-8-4-3-5-9-13;10-7-3-1-2-6-4-5-8(11)9(6)7;/h3-8,10-12H,1-2H3;6-11H,1-5H2;/q-1;;. The molecule has 4 unspecified atom stereocenters. The predicted octanol–water partition coefficient (Wildman–Crippen LogP) is 5.00.